The molecule has 1 aliphatic rings. The number of ether oxygens (including phenoxy) is 6. The first-order valence-corrected chi connectivity index (χ1v) is 23.7. The van der Waals surface area contributed by atoms with Gasteiger partial charge in [0, 0.05) is 44.8 Å². The van der Waals surface area contributed by atoms with Crippen molar-refractivity contribution in [2.45, 2.75) is 174 Å². The number of esters is 2. The Bertz CT molecular complexity index is 1480. The Morgan fingerprint density at radius 2 is 1.06 bits per heavy atom. The highest BCUT2D eigenvalue weighted by molar-refractivity contribution is 6.01. The fraction of sp³-hybridized carbons (Fsp3) is 0.787. The molecule has 1 saturated heterocycles. The maximum atomic E-state index is 12.9. The summed E-state index contributed by atoms with van der Waals surface area (Å²) in [5, 5.41) is 8.58. The average molecular weight is 941 g/mol. The van der Waals surface area contributed by atoms with Crippen LogP contribution in [0.2, 0.25) is 0 Å². The Labute approximate surface area is 391 Å². The van der Waals surface area contributed by atoms with Crippen molar-refractivity contribution in [2.75, 3.05) is 65.9 Å². The summed E-state index contributed by atoms with van der Waals surface area (Å²) in [6, 6.07) is -0.948. The van der Waals surface area contributed by atoms with Crippen LogP contribution < -0.4 is 16.0 Å². The van der Waals surface area contributed by atoms with Crippen LogP contribution in [0.5, 0.6) is 0 Å². The minimum absolute atomic E-state index is 0.000280. The van der Waals surface area contributed by atoms with E-state index in [9.17, 15) is 38.4 Å². The SMILES string of the molecule is CC(C)(C)OC(=O)C=CCCCCCCCCCCCCCCC(=O)N[C@@H](CCC(=O)NCCOCCOCC(=O)NCCOCCOCC(=O)ON1C(=O)CCC1=O)C(=O)OC(C)(C)C. The maximum Gasteiger partial charge on any atom is 0.358 e. The van der Waals surface area contributed by atoms with Crippen molar-refractivity contribution in [3.63, 3.8) is 0 Å². The van der Waals surface area contributed by atoms with E-state index in [0.717, 1.165) is 38.5 Å². The van der Waals surface area contributed by atoms with Crippen molar-refractivity contribution in [3.05, 3.63) is 12.2 Å². The van der Waals surface area contributed by atoms with Crippen LogP contribution in [-0.2, 0) is 71.6 Å². The summed E-state index contributed by atoms with van der Waals surface area (Å²) in [7, 11) is 0. The fourth-order valence-corrected chi connectivity index (χ4v) is 6.21. The lowest BCUT2D eigenvalue weighted by Gasteiger charge is -2.24. The van der Waals surface area contributed by atoms with Gasteiger partial charge >= 0.3 is 17.9 Å². The van der Waals surface area contributed by atoms with E-state index in [1.165, 1.54) is 44.6 Å². The lowest BCUT2D eigenvalue weighted by Crippen LogP contribution is -2.44. The molecule has 378 valence electrons. The molecular formula is C47H80N4O15. The van der Waals surface area contributed by atoms with Gasteiger partial charge in [0.25, 0.3) is 11.8 Å². The number of hydrogen-bond donors (Lipinski definition) is 3. The van der Waals surface area contributed by atoms with Crippen LogP contribution in [0, 0.1) is 0 Å². The summed E-state index contributed by atoms with van der Waals surface area (Å²) >= 11 is 0. The fourth-order valence-electron chi connectivity index (χ4n) is 6.21. The van der Waals surface area contributed by atoms with Crippen LogP contribution in [0.15, 0.2) is 12.2 Å². The molecule has 0 radical (unpaired) electrons. The van der Waals surface area contributed by atoms with Crippen LogP contribution in [0.1, 0.15) is 157 Å². The summed E-state index contributed by atoms with van der Waals surface area (Å²) in [4.78, 5) is 101. The third-order valence-corrected chi connectivity index (χ3v) is 9.41. The minimum Gasteiger partial charge on any atom is -0.458 e. The van der Waals surface area contributed by atoms with Gasteiger partial charge < -0.3 is 49.2 Å². The summed E-state index contributed by atoms with van der Waals surface area (Å²) < 4.78 is 31.9. The zero-order chi connectivity index (χ0) is 49.1. The Morgan fingerprint density at radius 1 is 0.576 bits per heavy atom. The smallest absolute Gasteiger partial charge is 0.358 e. The van der Waals surface area contributed by atoms with E-state index in [-0.39, 0.29) is 109 Å². The van der Waals surface area contributed by atoms with Crippen molar-refractivity contribution in [2.24, 2.45) is 0 Å². The number of carbonyl (C=O) groups is 8. The van der Waals surface area contributed by atoms with Gasteiger partial charge in [-0.05, 0) is 67.2 Å². The molecule has 1 atom stereocenters. The number of imide groups is 1. The molecule has 0 unspecified atom stereocenters. The molecule has 19 nitrogen and oxygen atoms in total. The Hall–Kier alpha value is -4.46. The number of hydrogen-bond acceptors (Lipinski definition) is 15. The molecule has 3 N–H and O–H groups in total. The van der Waals surface area contributed by atoms with E-state index in [2.05, 4.69) is 20.8 Å². The third-order valence-electron chi connectivity index (χ3n) is 9.41. The highest BCUT2D eigenvalue weighted by atomic mass is 16.7. The van der Waals surface area contributed by atoms with E-state index >= 15 is 0 Å². The van der Waals surface area contributed by atoms with Gasteiger partial charge in [0.05, 0.1) is 39.6 Å². The molecule has 0 bridgehead atoms. The third kappa shape index (κ3) is 34.8. The molecule has 1 fully saturated rings. The lowest BCUT2D eigenvalue weighted by molar-refractivity contribution is -0.200. The molecule has 0 spiro atoms. The number of nitrogens with one attached hydrogen (secondary N) is 3. The summed E-state index contributed by atoms with van der Waals surface area (Å²) in [6.07, 6.45) is 18.0. The topological polar surface area (TPSA) is 240 Å². The summed E-state index contributed by atoms with van der Waals surface area (Å²) in [5.41, 5.74) is -1.22. The van der Waals surface area contributed by atoms with Crippen molar-refractivity contribution in [1.29, 1.82) is 0 Å². The average Bonchev–Trinajstić information content (AvgIpc) is 3.54. The summed E-state index contributed by atoms with van der Waals surface area (Å²) in [6.45, 7) is 11.5. The molecule has 0 aromatic carbocycles. The van der Waals surface area contributed by atoms with Crippen molar-refractivity contribution in [3.8, 4) is 0 Å². The van der Waals surface area contributed by atoms with Gasteiger partial charge in [-0.3, -0.25) is 24.0 Å². The highest BCUT2D eigenvalue weighted by Crippen LogP contribution is 2.15. The second-order valence-corrected chi connectivity index (χ2v) is 18.0. The quantitative estimate of drug-likeness (QED) is 0.0324. The standard InChI is InChI=1S/C47H80N4O15/c1-46(2,3)64-43(57)22-20-18-16-14-12-10-8-7-9-11-13-15-17-19-21-39(53)50-37(45(59)65-47(4,5)6)23-24-38(52)48-27-29-60-31-33-62-35-40(54)49-28-30-61-32-34-63-36-44(58)66-51-41(55)25-26-42(51)56/h20,22,37H,7-19,21,23-36H2,1-6H3,(H,48,52)(H,49,54)(H,50,53)/t37-/m0/s1. The molecule has 0 aliphatic carbocycles. The van der Waals surface area contributed by atoms with Gasteiger partial charge in [-0.25, -0.2) is 14.4 Å². The number of unbranched alkanes of at least 4 members (excludes halogenated alkanes) is 12. The number of carbonyl (C=O) groups excluding carboxylic acids is 8. The molecule has 0 aromatic heterocycles. The second-order valence-electron chi connectivity index (χ2n) is 18.0. The van der Waals surface area contributed by atoms with Crippen LogP contribution in [0.4, 0.5) is 0 Å². The van der Waals surface area contributed by atoms with Gasteiger partial charge in [-0.2, -0.15) is 0 Å². The molecule has 1 heterocycles. The number of hydroxylamine groups is 2. The maximum absolute atomic E-state index is 12.9. The first kappa shape index (κ1) is 59.6. The van der Waals surface area contributed by atoms with Gasteiger partial charge in [-0.1, -0.05) is 70.3 Å². The van der Waals surface area contributed by atoms with E-state index in [0.29, 0.717) is 17.9 Å². The van der Waals surface area contributed by atoms with E-state index in [1.807, 2.05) is 26.8 Å². The molecular weight excluding hydrogens is 861 g/mol. The predicted octanol–water partition coefficient (Wildman–Crippen LogP) is 4.86. The van der Waals surface area contributed by atoms with Gasteiger partial charge in [0.15, 0.2) is 0 Å². The number of amides is 5. The number of nitrogens with zero attached hydrogens (tertiary/aromatic N) is 1. The van der Waals surface area contributed by atoms with Crippen LogP contribution >= 0.6 is 0 Å². The zero-order valence-corrected chi connectivity index (χ0v) is 40.6. The molecule has 19 heteroatoms. The normalized spacial score (nSPS) is 13.5. The van der Waals surface area contributed by atoms with Crippen LogP contribution in [0.3, 0.4) is 0 Å². The largest absolute Gasteiger partial charge is 0.458 e. The Morgan fingerprint density at radius 3 is 1.61 bits per heavy atom. The monoisotopic (exact) mass is 941 g/mol. The van der Waals surface area contributed by atoms with Gasteiger partial charge in [0.1, 0.15) is 30.5 Å². The minimum atomic E-state index is -0.948. The van der Waals surface area contributed by atoms with E-state index in [1.54, 1.807) is 20.8 Å². The Balaban J connectivity index is 2.07. The zero-order valence-electron chi connectivity index (χ0n) is 40.6. The van der Waals surface area contributed by atoms with Crippen LogP contribution in [-0.4, -0.2) is 136 Å². The van der Waals surface area contributed by atoms with Crippen molar-refractivity contribution >= 4 is 47.4 Å². The Kier molecular flexibility index (Phi) is 32.2. The van der Waals surface area contributed by atoms with Crippen molar-refractivity contribution < 1.29 is 71.6 Å². The van der Waals surface area contributed by atoms with Crippen molar-refractivity contribution in [1.82, 2.24) is 21.0 Å². The highest BCUT2D eigenvalue weighted by Gasteiger charge is 2.33. The molecule has 5 amide bonds. The lowest BCUT2D eigenvalue weighted by atomic mass is 10.0. The number of rotatable bonds is 38. The molecule has 66 heavy (non-hydrogen) atoms. The van der Waals surface area contributed by atoms with E-state index in [4.69, 9.17) is 28.4 Å². The number of allylic oxidation sites excluding steroid dienone is 1. The molecule has 0 aromatic rings. The first-order valence-electron chi connectivity index (χ1n) is 23.7. The molecule has 0 saturated carbocycles. The molecule has 1 rings (SSSR count). The van der Waals surface area contributed by atoms with Gasteiger partial charge in [-0.15, -0.1) is 5.06 Å². The molecule has 1 aliphatic heterocycles. The predicted molar refractivity (Wildman–Crippen MR) is 243 cm³/mol. The summed E-state index contributed by atoms with van der Waals surface area (Å²) in [5.74, 6) is -3.79. The van der Waals surface area contributed by atoms with Gasteiger partial charge in [0.2, 0.25) is 17.7 Å². The first-order chi connectivity index (χ1) is 31.4. The van der Waals surface area contributed by atoms with E-state index < -0.39 is 47.6 Å². The second kappa shape index (κ2) is 35.7. The van der Waals surface area contributed by atoms with Crippen LogP contribution in [0.25, 0.3) is 0 Å².